The number of carbonyl (C=O) groups excluding carboxylic acids is 2. The number of hydrogen-bond donors (Lipinski definition) is 2. The Morgan fingerprint density at radius 3 is 2.76 bits per heavy atom. The molecule has 1 aromatic heterocycles. The summed E-state index contributed by atoms with van der Waals surface area (Å²) in [5.74, 6) is 0.186. The van der Waals surface area contributed by atoms with E-state index in [0.29, 0.717) is 13.0 Å². The molecule has 1 aliphatic heterocycles. The average Bonchev–Trinajstić information content (AvgIpc) is 2.98. The smallest absolute Gasteiger partial charge is 0.315 e. The van der Waals surface area contributed by atoms with Crippen molar-refractivity contribution in [2.75, 3.05) is 19.6 Å². The van der Waals surface area contributed by atoms with Crippen molar-refractivity contribution in [1.29, 1.82) is 0 Å². The summed E-state index contributed by atoms with van der Waals surface area (Å²) in [5, 5.41) is 7.78. The number of thiophene rings is 1. The van der Waals surface area contributed by atoms with Gasteiger partial charge < -0.3 is 15.5 Å². The molecule has 0 saturated carbocycles. The molecular formula is C15H23N3O2S. The fraction of sp³-hybridized carbons (Fsp3) is 0.600. The summed E-state index contributed by atoms with van der Waals surface area (Å²) < 4.78 is 0. The maximum absolute atomic E-state index is 12.2. The van der Waals surface area contributed by atoms with E-state index >= 15 is 0 Å². The van der Waals surface area contributed by atoms with Gasteiger partial charge in [-0.05, 0) is 30.7 Å². The first-order valence-electron chi connectivity index (χ1n) is 7.53. The number of likely N-dealkylation sites (tertiary alicyclic amines) is 1. The predicted octanol–water partition coefficient (Wildman–Crippen LogP) is 1.99. The molecule has 0 atom stereocenters. The molecule has 1 fully saturated rings. The van der Waals surface area contributed by atoms with Gasteiger partial charge in [0, 0.05) is 30.6 Å². The van der Waals surface area contributed by atoms with Gasteiger partial charge in [0.2, 0.25) is 5.91 Å². The molecule has 0 unspecified atom stereocenters. The van der Waals surface area contributed by atoms with Crippen LogP contribution in [0, 0.1) is 0 Å². The monoisotopic (exact) mass is 309 g/mol. The molecule has 2 N–H and O–H groups in total. The molecule has 1 aliphatic rings. The van der Waals surface area contributed by atoms with E-state index in [4.69, 9.17) is 0 Å². The van der Waals surface area contributed by atoms with Gasteiger partial charge in [-0.1, -0.05) is 13.0 Å². The van der Waals surface area contributed by atoms with E-state index in [2.05, 4.69) is 10.6 Å². The van der Waals surface area contributed by atoms with Gasteiger partial charge in [0.15, 0.2) is 0 Å². The summed E-state index contributed by atoms with van der Waals surface area (Å²) >= 11 is 1.62. The van der Waals surface area contributed by atoms with E-state index in [-0.39, 0.29) is 18.0 Å². The van der Waals surface area contributed by atoms with Crippen LogP contribution < -0.4 is 10.6 Å². The minimum atomic E-state index is -0.0970. The maximum atomic E-state index is 12.2. The Kier molecular flexibility index (Phi) is 6.04. The van der Waals surface area contributed by atoms with Crippen LogP contribution in [0.2, 0.25) is 0 Å². The molecule has 0 aliphatic carbocycles. The van der Waals surface area contributed by atoms with Crippen LogP contribution >= 0.6 is 11.3 Å². The predicted molar refractivity (Wildman–Crippen MR) is 84.5 cm³/mol. The summed E-state index contributed by atoms with van der Waals surface area (Å²) in [7, 11) is 0. The molecule has 21 heavy (non-hydrogen) atoms. The Morgan fingerprint density at radius 1 is 1.38 bits per heavy atom. The summed E-state index contributed by atoms with van der Waals surface area (Å²) in [6.07, 6.45) is 3.08. The summed E-state index contributed by atoms with van der Waals surface area (Å²) in [6.45, 7) is 4.17. The van der Waals surface area contributed by atoms with Crippen molar-refractivity contribution < 1.29 is 9.59 Å². The number of nitrogens with zero attached hydrogens (tertiary/aromatic N) is 1. The van der Waals surface area contributed by atoms with Crippen LogP contribution in [0.4, 0.5) is 4.79 Å². The lowest BCUT2D eigenvalue weighted by Gasteiger charge is -2.32. The summed E-state index contributed by atoms with van der Waals surface area (Å²) in [5.41, 5.74) is 0. The second-order valence-electron chi connectivity index (χ2n) is 5.31. The number of hydrogen-bond acceptors (Lipinski definition) is 3. The van der Waals surface area contributed by atoms with Crippen molar-refractivity contribution in [3.05, 3.63) is 22.4 Å². The molecule has 0 radical (unpaired) electrons. The summed E-state index contributed by atoms with van der Waals surface area (Å²) in [6, 6.07) is 4.04. The van der Waals surface area contributed by atoms with Crippen LogP contribution in [0.25, 0.3) is 0 Å². The van der Waals surface area contributed by atoms with Crippen LogP contribution in [0.3, 0.4) is 0 Å². The van der Waals surface area contributed by atoms with E-state index in [1.54, 1.807) is 11.3 Å². The number of amides is 3. The van der Waals surface area contributed by atoms with E-state index in [0.717, 1.165) is 37.2 Å². The lowest BCUT2D eigenvalue weighted by atomic mass is 10.0. The molecular weight excluding hydrogens is 286 g/mol. The first kappa shape index (κ1) is 15.8. The second kappa shape index (κ2) is 8.02. The van der Waals surface area contributed by atoms with E-state index in [9.17, 15) is 9.59 Å². The van der Waals surface area contributed by atoms with Gasteiger partial charge in [0.05, 0.1) is 6.42 Å². The summed E-state index contributed by atoms with van der Waals surface area (Å²) in [4.78, 5) is 26.8. The quantitative estimate of drug-likeness (QED) is 0.874. The minimum absolute atomic E-state index is 0.0970. The highest BCUT2D eigenvalue weighted by Crippen LogP contribution is 2.14. The molecule has 5 nitrogen and oxygen atoms in total. The van der Waals surface area contributed by atoms with Crippen molar-refractivity contribution >= 4 is 23.3 Å². The Labute approximate surface area is 129 Å². The van der Waals surface area contributed by atoms with Crippen molar-refractivity contribution in [3.8, 4) is 0 Å². The maximum Gasteiger partial charge on any atom is 0.315 e. The number of rotatable bonds is 5. The van der Waals surface area contributed by atoms with Crippen LogP contribution in [0.5, 0.6) is 0 Å². The highest BCUT2D eigenvalue weighted by Gasteiger charge is 2.23. The highest BCUT2D eigenvalue weighted by molar-refractivity contribution is 7.10. The van der Waals surface area contributed by atoms with Crippen molar-refractivity contribution in [1.82, 2.24) is 15.5 Å². The molecule has 3 amide bonds. The van der Waals surface area contributed by atoms with E-state index in [1.165, 1.54) is 0 Å². The van der Waals surface area contributed by atoms with Crippen LogP contribution in [0.15, 0.2) is 17.5 Å². The number of piperidine rings is 1. The van der Waals surface area contributed by atoms with E-state index < -0.39 is 0 Å². The van der Waals surface area contributed by atoms with Gasteiger partial charge in [-0.2, -0.15) is 0 Å². The van der Waals surface area contributed by atoms with Gasteiger partial charge in [0.25, 0.3) is 0 Å². The highest BCUT2D eigenvalue weighted by atomic mass is 32.1. The Hall–Kier alpha value is -1.56. The van der Waals surface area contributed by atoms with Crippen LogP contribution in [-0.2, 0) is 11.2 Å². The third kappa shape index (κ3) is 5.04. The zero-order valence-electron chi connectivity index (χ0n) is 12.4. The zero-order chi connectivity index (χ0) is 15.1. The first-order valence-corrected chi connectivity index (χ1v) is 8.41. The van der Waals surface area contributed by atoms with E-state index in [1.807, 2.05) is 29.3 Å². The standard InChI is InChI=1S/C15H23N3O2S/c1-2-7-16-15(20)17-12-5-8-18(9-6-12)14(19)11-13-4-3-10-21-13/h3-4,10,12H,2,5-9,11H2,1H3,(H2,16,17,20). The molecule has 0 aromatic carbocycles. The molecule has 0 bridgehead atoms. The van der Waals surface area contributed by atoms with Gasteiger partial charge in [-0.3, -0.25) is 4.79 Å². The van der Waals surface area contributed by atoms with Gasteiger partial charge >= 0.3 is 6.03 Å². The number of carbonyl (C=O) groups is 2. The fourth-order valence-corrected chi connectivity index (χ4v) is 3.12. The number of nitrogens with one attached hydrogen (secondary N) is 2. The molecule has 0 spiro atoms. The topological polar surface area (TPSA) is 61.4 Å². The fourth-order valence-electron chi connectivity index (χ4n) is 2.42. The van der Waals surface area contributed by atoms with Crippen molar-refractivity contribution in [2.24, 2.45) is 0 Å². The molecule has 1 aromatic rings. The SMILES string of the molecule is CCCNC(=O)NC1CCN(C(=O)Cc2cccs2)CC1. The van der Waals surface area contributed by atoms with Gasteiger partial charge in [-0.25, -0.2) is 4.79 Å². The number of urea groups is 1. The molecule has 6 heteroatoms. The Balaban J connectivity index is 1.70. The molecule has 2 rings (SSSR count). The third-order valence-electron chi connectivity index (χ3n) is 3.62. The Morgan fingerprint density at radius 2 is 2.14 bits per heavy atom. The third-order valence-corrected chi connectivity index (χ3v) is 4.50. The Bertz CT molecular complexity index is 453. The molecule has 2 heterocycles. The second-order valence-corrected chi connectivity index (χ2v) is 6.34. The van der Waals surface area contributed by atoms with Crippen LogP contribution in [0.1, 0.15) is 31.1 Å². The first-order chi connectivity index (χ1) is 10.2. The van der Waals surface area contributed by atoms with Crippen molar-refractivity contribution in [2.45, 2.75) is 38.6 Å². The van der Waals surface area contributed by atoms with Crippen LogP contribution in [-0.4, -0.2) is 42.5 Å². The van der Waals surface area contributed by atoms with Crippen molar-refractivity contribution in [3.63, 3.8) is 0 Å². The van der Waals surface area contributed by atoms with Gasteiger partial charge in [0.1, 0.15) is 0 Å². The zero-order valence-corrected chi connectivity index (χ0v) is 13.2. The largest absolute Gasteiger partial charge is 0.342 e. The lowest BCUT2D eigenvalue weighted by molar-refractivity contribution is -0.131. The van der Waals surface area contributed by atoms with Gasteiger partial charge in [-0.15, -0.1) is 11.3 Å². The minimum Gasteiger partial charge on any atom is -0.342 e. The lowest BCUT2D eigenvalue weighted by Crippen LogP contribution is -2.49. The molecule has 1 saturated heterocycles. The normalized spacial score (nSPS) is 15.8. The molecule has 116 valence electrons. The average molecular weight is 309 g/mol.